The lowest BCUT2D eigenvalue weighted by Gasteiger charge is -2.26. The van der Waals surface area contributed by atoms with Gasteiger partial charge in [0.25, 0.3) is 11.7 Å². The lowest BCUT2D eigenvalue weighted by atomic mass is 9.93. The first kappa shape index (κ1) is 22.6. The van der Waals surface area contributed by atoms with Gasteiger partial charge in [-0.05, 0) is 49.4 Å². The van der Waals surface area contributed by atoms with Crippen LogP contribution in [0.4, 0.5) is 5.69 Å². The Balaban J connectivity index is 2.01. The molecule has 4 rings (SSSR count). The summed E-state index contributed by atoms with van der Waals surface area (Å²) in [6, 6.07) is 19.6. The third kappa shape index (κ3) is 3.76. The lowest BCUT2D eigenvalue weighted by Crippen LogP contribution is -2.29. The van der Waals surface area contributed by atoms with Crippen molar-refractivity contribution in [1.82, 2.24) is 0 Å². The van der Waals surface area contributed by atoms with E-state index >= 15 is 0 Å². The molecule has 170 valence electrons. The largest absolute Gasteiger partial charge is 0.507 e. The number of ether oxygens (including phenoxy) is 2. The normalized spacial score (nSPS) is 16.9. The Morgan fingerprint density at radius 3 is 2.29 bits per heavy atom. The molecule has 0 saturated carbocycles. The molecule has 1 aliphatic rings. The summed E-state index contributed by atoms with van der Waals surface area (Å²) in [7, 11) is 2.96. The van der Waals surface area contributed by atoms with Crippen LogP contribution >= 0.6 is 0 Å². The number of Topliss-reactive ketones (excluding diaryl/α,β-unsaturated/α-hetero) is 1. The number of hydrogen-bond acceptors (Lipinski definition) is 6. The van der Waals surface area contributed by atoms with Gasteiger partial charge in [-0.3, -0.25) is 14.5 Å². The number of carbonyl (C=O) groups is 2. The lowest BCUT2D eigenvalue weighted by molar-refractivity contribution is -0.132. The minimum Gasteiger partial charge on any atom is -0.507 e. The first-order valence-electron chi connectivity index (χ1n) is 10.5. The van der Waals surface area contributed by atoms with Crippen molar-refractivity contribution >= 4 is 23.1 Å². The summed E-state index contributed by atoms with van der Waals surface area (Å²) in [5.41, 5.74) is 2.42. The maximum Gasteiger partial charge on any atom is 0.300 e. The predicted molar refractivity (Wildman–Crippen MR) is 127 cm³/mol. The van der Waals surface area contributed by atoms with E-state index in [1.54, 1.807) is 60.7 Å². The summed E-state index contributed by atoms with van der Waals surface area (Å²) >= 11 is 0. The molecule has 1 aliphatic heterocycles. The van der Waals surface area contributed by atoms with E-state index < -0.39 is 17.7 Å². The summed E-state index contributed by atoms with van der Waals surface area (Å²) in [4.78, 5) is 28.0. The van der Waals surface area contributed by atoms with E-state index in [9.17, 15) is 14.7 Å². The van der Waals surface area contributed by atoms with Gasteiger partial charge >= 0.3 is 0 Å². The molecule has 7 nitrogen and oxygen atoms in total. The second-order valence-corrected chi connectivity index (χ2v) is 7.77. The smallest absolute Gasteiger partial charge is 0.300 e. The average molecular weight is 454 g/mol. The number of hydrogen-bond donors (Lipinski definition) is 1. The zero-order valence-electron chi connectivity index (χ0n) is 18.9. The minimum absolute atomic E-state index is 0.0808. The molecule has 1 saturated heterocycles. The second kappa shape index (κ2) is 9.12. The van der Waals surface area contributed by atoms with E-state index in [4.69, 9.17) is 14.7 Å². The monoisotopic (exact) mass is 454 g/mol. The number of anilines is 1. The van der Waals surface area contributed by atoms with Crippen molar-refractivity contribution in [3.05, 3.63) is 94.6 Å². The van der Waals surface area contributed by atoms with E-state index in [1.165, 1.54) is 19.1 Å². The van der Waals surface area contributed by atoms with Gasteiger partial charge < -0.3 is 14.6 Å². The number of para-hydroxylation sites is 1. The topological polar surface area (TPSA) is 99.9 Å². The van der Waals surface area contributed by atoms with Crippen LogP contribution in [0.5, 0.6) is 11.5 Å². The van der Waals surface area contributed by atoms with E-state index in [-0.39, 0.29) is 11.3 Å². The molecule has 1 atom stereocenters. The first-order valence-corrected chi connectivity index (χ1v) is 10.5. The number of aliphatic hydroxyl groups is 1. The number of benzene rings is 3. The fourth-order valence-corrected chi connectivity index (χ4v) is 4.13. The Morgan fingerprint density at radius 1 is 0.971 bits per heavy atom. The second-order valence-electron chi connectivity index (χ2n) is 7.77. The average Bonchev–Trinajstić information content (AvgIpc) is 3.13. The zero-order valence-corrected chi connectivity index (χ0v) is 18.9. The van der Waals surface area contributed by atoms with E-state index in [0.29, 0.717) is 33.9 Å². The number of nitriles is 1. The van der Waals surface area contributed by atoms with Crippen LogP contribution in [-0.4, -0.2) is 31.0 Å². The molecule has 0 aliphatic carbocycles. The molecular formula is C27H22N2O5. The van der Waals surface area contributed by atoms with Crippen molar-refractivity contribution in [1.29, 1.82) is 5.26 Å². The molecule has 1 N–H and O–H groups in total. The Labute approximate surface area is 197 Å². The number of nitrogens with zero attached hydrogens (tertiary/aromatic N) is 2. The molecule has 0 spiro atoms. The molecule has 1 unspecified atom stereocenters. The number of aryl methyl sites for hydroxylation is 1. The molecule has 0 bridgehead atoms. The Morgan fingerprint density at radius 2 is 1.65 bits per heavy atom. The van der Waals surface area contributed by atoms with Crippen LogP contribution in [0.2, 0.25) is 0 Å². The van der Waals surface area contributed by atoms with Gasteiger partial charge in [-0.1, -0.05) is 29.8 Å². The molecule has 7 heteroatoms. The Bertz CT molecular complexity index is 1350. The SMILES string of the molecule is COc1ccc(C)cc1/C(O)=C1\C(=O)C(=O)N(c2ccc(C#N)cc2)C1c1ccccc1OC. The van der Waals surface area contributed by atoms with Gasteiger partial charge in [0.05, 0.1) is 43.0 Å². The quantitative estimate of drug-likeness (QED) is 0.346. The summed E-state index contributed by atoms with van der Waals surface area (Å²) in [5, 5.41) is 20.5. The van der Waals surface area contributed by atoms with Crippen LogP contribution in [0.3, 0.4) is 0 Å². The molecule has 1 amide bonds. The summed E-state index contributed by atoms with van der Waals surface area (Å²) < 4.78 is 10.9. The van der Waals surface area contributed by atoms with Gasteiger partial charge in [0, 0.05) is 11.3 Å². The van der Waals surface area contributed by atoms with E-state index in [1.807, 2.05) is 19.1 Å². The van der Waals surface area contributed by atoms with Gasteiger partial charge in [-0.2, -0.15) is 5.26 Å². The van der Waals surface area contributed by atoms with Crippen molar-refractivity contribution in [2.75, 3.05) is 19.1 Å². The maximum absolute atomic E-state index is 13.4. The van der Waals surface area contributed by atoms with E-state index in [0.717, 1.165) is 5.56 Å². The Hall–Kier alpha value is -4.57. The molecule has 1 fully saturated rings. The fraction of sp³-hybridized carbons (Fsp3) is 0.148. The molecule has 0 radical (unpaired) electrons. The van der Waals surface area contributed by atoms with Gasteiger partial charge in [0.1, 0.15) is 17.3 Å². The highest BCUT2D eigenvalue weighted by Gasteiger charge is 2.48. The van der Waals surface area contributed by atoms with Crippen LogP contribution in [0.15, 0.2) is 72.3 Å². The number of ketones is 1. The summed E-state index contributed by atoms with van der Waals surface area (Å²) in [6.07, 6.45) is 0. The Kier molecular flexibility index (Phi) is 6.07. The number of methoxy groups -OCH3 is 2. The van der Waals surface area contributed by atoms with Crippen LogP contribution < -0.4 is 14.4 Å². The van der Waals surface area contributed by atoms with Gasteiger partial charge in [0.2, 0.25) is 0 Å². The van der Waals surface area contributed by atoms with Crippen molar-refractivity contribution < 1.29 is 24.2 Å². The minimum atomic E-state index is -0.964. The molecule has 1 heterocycles. The van der Waals surface area contributed by atoms with Crippen molar-refractivity contribution in [2.45, 2.75) is 13.0 Å². The van der Waals surface area contributed by atoms with Gasteiger partial charge in [-0.15, -0.1) is 0 Å². The molecule has 3 aromatic carbocycles. The van der Waals surface area contributed by atoms with Crippen LogP contribution in [0.1, 0.15) is 28.3 Å². The summed E-state index contributed by atoms with van der Waals surface area (Å²) in [6.45, 7) is 1.85. The molecule has 3 aromatic rings. The number of carbonyl (C=O) groups excluding carboxylic acids is 2. The maximum atomic E-state index is 13.4. The highest BCUT2D eigenvalue weighted by atomic mass is 16.5. The highest BCUT2D eigenvalue weighted by molar-refractivity contribution is 6.51. The van der Waals surface area contributed by atoms with Crippen LogP contribution in [0, 0.1) is 18.3 Å². The number of rotatable bonds is 5. The predicted octanol–water partition coefficient (Wildman–Crippen LogP) is 4.51. The van der Waals surface area contributed by atoms with Crippen molar-refractivity contribution in [3.63, 3.8) is 0 Å². The fourth-order valence-electron chi connectivity index (χ4n) is 4.13. The molecule has 0 aromatic heterocycles. The number of aliphatic hydroxyl groups excluding tert-OH is 1. The van der Waals surface area contributed by atoms with E-state index in [2.05, 4.69) is 0 Å². The van der Waals surface area contributed by atoms with Gasteiger partial charge in [0.15, 0.2) is 0 Å². The van der Waals surface area contributed by atoms with Crippen LogP contribution in [0.25, 0.3) is 5.76 Å². The van der Waals surface area contributed by atoms with Gasteiger partial charge in [-0.25, -0.2) is 0 Å². The third-order valence-corrected chi connectivity index (χ3v) is 5.76. The van der Waals surface area contributed by atoms with Crippen molar-refractivity contribution in [2.24, 2.45) is 0 Å². The highest BCUT2D eigenvalue weighted by Crippen LogP contribution is 2.45. The third-order valence-electron chi connectivity index (χ3n) is 5.76. The summed E-state index contributed by atoms with van der Waals surface area (Å²) in [5.74, 6) is -1.15. The van der Waals surface area contributed by atoms with Crippen LogP contribution in [-0.2, 0) is 9.59 Å². The molecular weight excluding hydrogens is 432 g/mol. The first-order chi connectivity index (χ1) is 16.4. The standard InChI is InChI=1S/C27H22N2O5/c1-16-8-13-22(34-3)20(14-16)25(30)23-24(19-6-4-5-7-21(19)33-2)29(27(32)26(23)31)18-11-9-17(15-28)10-12-18/h4-14,24,30H,1-3H3/b25-23+. The number of amides is 1. The molecule has 34 heavy (non-hydrogen) atoms. The zero-order chi connectivity index (χ0) is 24.4. The van der Waals surface area contributed by atoms with Crippen molar-refractivity contribution in [3.8, 4) is 17.6 Å².